The van der Waals surface area contributed by atoms with Crippen LogP contribution in [0.2, 0.25) is 0 Å². The molecule has 0 amide bonds. The maximum absolute atomic E-state index is 10.3. The Hall–Kier alpha value is -0.261. The second-order valence-corrected chi connectivity index (χ2v) is 17.9. The van der Waals surface area contributed by atoms with Crippen LogP contribution in [0, 0.1) is 6.92 Å². The Morgan fingerprint density at radius 3 is 0.559 bits per heavy atom. The molecule has 59 heavy (non-hydrogen) atoms. The Balaban J connectivity index is -0.000000276. The molecular weight excluding hydrogens is 831 g/mol. The first-order chi connectivity index (χ1) is 28.5. The van der Waals surface area contributed by atoms with E-state index in [2.05, 4.69) is 27.7 Å². The molecule has 0 fully saturated rings. The van der Waals surface area contributed by atoms with E-state index in [1.165, 1.54) is 263 Å². The SMILES string of the molecule is CCCCCCCCCCCCCCCCCCCCCCC(=O)[O-].CCCCCCCCCCCCCCCCCCCCCCC(=O)[O-].[CH2]CCCCCCC.[HH].[Sn+2]. The zero-order valence-corrected chi connectivity index (χ0v) is 43.6. The van der Waals surface area contributed by atoms with Crippen LogP contribution in [0.25, 0.3) is 0 Å². The maximum Gasteiger partial charge on any atom is 2.00 e. The summed E-state index contributed by atoms with van der Waals surface area (Å²) in [5.41, 5.74) is 0. The molecule has 4 nitrogen and oxygen atoms in total. The van der Waals surface area contributed by atoms with Gasteiger partial charge in [-0.05, 0) is 25.7 Å². The van der Waals surface area contributed by atoms with Crippen molar-refractivity contribution in [3.63, 3.8) is 0 Å². The van der Waals surface area contributed by atoms with Crippen LogP contribution in [-0.4, -0.2) is 35.8 Å². The summed E-state index contributed by atoms with van der Waals surface area (Å²) in [6.07, 6.45) is 62.4. The monoisotopic (exact) mass is 942 g/mol. The average Bonchev–Trinajstić information content (AvgIpc) is 3.21. The molecule has 0 heterocycles. The summed E-state index contributed by atoms with van der Waals surface area (Å²) in [4.78, 5) is 20.6. The molecule has 0 aromatic rings. The van der Waals surface area contributed by atoms with Gasteiger partial charge >= 0.3 is 23.9 Å². The Labute approximate surface area is 391 Å². The summed E-state index contributed by atoms with van der Waals surface area (Å²) < 4.78 is 0. The normalized spacial score (nSPS) is 10.7. The first-order valence-corrected chi connectivity index (χ1v) is 26.6. The van der Waals surface area contributed by atoms with Crippen LogP contribution in [0.3, 0.4) is 0 Å². The molecule has 0 unspecified atom stereocenters. The van der Waals surface area contributed by atoms with E-state index in [-0.39, 0.29) is 38.2 Å². The first kappa shape index (κ1) is 65.4. The van der Waals surface area contributed by atoms with Gasteiger partial charge in [0.1, 0.15) is 0 Å². The van der Waals surface area contributed by atoms with Crippen molar-refractivity contribution in [2.45, 2.75) is 329 Å². The number of unbranched alkanes of at least 4 members (excludes halogenated alkanes) is 43. The quantitative estimate of drug-likeness (QED) is 0.0450. The summed E-state index contributed by atoms with van der Waals surface area (Å²) in [6, 6.07) is 0. The fourth-order valence-corrected chi connectivity index (χ4v) is 7.83. The van der Waals surface area contributed by atoms with Crippen LogP contribution in [0.4, 0.5) is 0 Å². The van der Waals surface area contributed by atoms with Gasteiger partial charge in [-0.3, -0.25) is 0 Å². The molecular formula is C54H109O4Sn. The molecule has 0 aliphatic rings. The van der Waals surface area contributed by atoms with Gasteiger partial charge in [-0.25, -0.2) is 0 Å². The van der Waals surface area contributed by atoms with Gasteiger partial charge in [-0.2, -0.15) is 0 Å². The Bertz CT molecular complexity index is 676. The first-order valence-electron chi connectivity index (χ1n) is 26.6. The summed E-state index contributed by atoms with van der Waals surface area (Å²) >= 11 is 0. The van der Waals surface area contributed by atoms with E-state index in [1.807, 2.05) is 0 Å². The number of carbonyl (C=O) groups is 2. The van der Waals surface area contributed by atoms with E-state index < -0.39 is 11.9 Å². The summed E-state index contributed by atoms with van der Waals surface area (Å²) in [6.45, 7) is 10.6. The van der Waals surface area contributed by atoms with E-state index in [0.29, 0.717) is 0 Å². The molecule has 0 rings (SSSR count). The van der Waals surface area contributed by atoms with Crippen molar-refractivity contribution in [2.75, 3.05) is 0 Å². The molecule has 0 N–H and O–H groups in total. The van der Waals surface area contributed by atoms with Crippen LogP contribution in [0.5, 0.6) is 0 Å². The molecule has 0 spiro atoms. The van der Waals surface area contributed by atoms with E-state index >= 15 is 0 Å². The molecule has 0 aromatic heterocycles. The van der Waals surface area contributed by atoms with Gasteiger partial charge in [-0.15, -0.1) is 0 Å². The summed E-state index contributed by atoms with van der Waals surface area (Å²) in [5.74, 6) is -1.80. The fourth-order valence-electron chi connectivity index (χ4n) is 7.83. The molecule has 0 saturated carbocycles. The van der Waals surface area contributed by atoms with E-state index in [1.54, 1.807) is 0 Å². The third-order valence-corrected chi connectivity index (χ3v) is 11.8. The zero-order valence-electron chi connectivity index (χ0n) is 40.8. The number of carboxylic acids is 2. The maximum atomic E-state index is 10.3. The second-order valence-electron chi connectivity index (χ2n) is 17.9. The van der Waals surface area contributed by atoms with Crippen molar-refractivity contribution in [1.29, 1.82) is 0 Å². The molecule has 5 heteroatoms. The largest absolute Gasteiger partial charge is 2.00 e. The van der Waals surface area contributed by atoms with E-state index in [4.69, 9.17) is 0 Å². The second kappa shape index (κ2) is 64.4. The molecule has 0 aliphatic carbocycles. The summed E-state index contributed by atoms with van der Waals surface area (Å²) in [7, 11) is 0. The molecule has 0 saturated heterocycles. The molecule has 0 atom stereocenters. The van der Waals surface area contributed by atoms with E-state index in [0.717, 1.165) is 32.1 Å². The average molecular weight is 941 g/mol. The third kappa shape index (κ3) is 75.5. The van der Waals surface area contributed by atoms with Crippen molar-refractivity contribution < 1.29 is 21.2 Å². The van der Waals surface area contributed by atoms with Crippen molar-refractivity contribution in [1.82, 2.24) is 0 Å². The number of aliphatic carboxylic acids is 2. The van der Waals surface area contributed by atoms with Crippen LogP contribution in [0.1, 0.15) is 330 Å². The summed E-state index contributed by atoms with van der Waals surface area (Å²) in [5, 5.41) is 20.6. The predicted octanol–water partition coefficient (Wildman–Crippen LogP) is 16.9. The Morgan fingerprint density at radius 2 is 0.424 bits per heavy atom. The molecule has 0 aliphatic heterocycles. The van der Waals surface area contributed by atoms with Gasteiger partial charge in [0.2, 0.25) is 0 Å². The number of rotatable bonds is 47. The van der Waals surface area contributed by atoms with Crippen molar-refractivity contribution in [3.8, 4) is 0 Å². The van der Waals surface area contributed by atoms with Crippen LogP contribution < -0.4 is 10.2 Å². The molecule has 3 radical (unpaired) electrons. The number of hydrogen-bond acceptors (Lipinski definition) is 4. The standard InChI is InChI=1S/2C23H46O2.C8H17.Sn.H2/c2*1-2-3-4-5-6-7-8-9-10-11-12-13-14-15-16-17-18-19-20-21-22-23(24)25;1-3-5-7-8-6-4-2;;/h2*2-22H2,1H3,(H,24,25);1,3-8H2,2H3;;1H/q;;;+2;/p-2. The topological polar surface area (TPSA) is 80.3 Å². The van der Waals surface area contributed by atoms with Crippen molar-refractivity contribution >= 4 is 35.8 Å². The Morgan fingerprint density at radius 1 is 0.288 bits per heavy atom. The smallest absolute Gasteiger partial charge is 0.550 e. The van der Waals surface area contributed by atoms with Gasteiger partial charge in [0.15, 0.2) is 0 Å². The minimum absolute atomic E-state index is 0. The minimum Gasteiger partial charge on any atom is -0.550 e. The fraction of sp³-hybridized carbons (Fsp3) is 0.944. The van der Waals surface area contributed by atoms with Crippen LogP contribution in [-0.2, 0) is 9.59 Å². The van der Waals surface area contributed by atoms with Gasteiger partial charge in [0, 0.05) is 13.4 Å². The van der Waals surface area contributed by atoms with Gasteiger partial charge in [0.25, 0.3) is 0 Å². The third-order valence-electron chi connectivity index (χ3n) is 11.8. The van der Waals surface area contributed by atoms with Gasteiger partial charge in [0.05, 0.1) is 0 Å². The van der Waals surface area contributed by atoms with E-state index in [9.17, 15) is 19.8 Å². The van der Waals surface area contributed by atoms with Crippen LogP contribution in [0.15, 0.2) is 0 Å². The molecule has 0 bridgehead atoms. The van der Waals surface area contributed by atoms with Crippen molar-refractivity contribution in [3.05, 3.63) is 6.92 Å². The van der Waals surface area contributed by atoms with Crippen molar-refractivity contribution in [2.24, 2.45) is 0 Å². The number of carboxylic acid groups (broad SMARTS) is 2. The minimum atomic E-state index is -0.901. The Kier molecular flexibility index (Phi) is 71.3. The molecule has 353 valence electrons. The zero-order chi connectivity index (χ0) is 43.1. The van der Waals surface area contributed by atoms with Crippen LogP contribution >= 0.6 is 0 Å². The predicted molar refractivity (Wildman–Crippen MR) is 262 cm³/mol. The van der Waals surface area contributed by atoms with Gasteiger partial charge in [-0.1, -0.05) is 310 Å². The number of hydrogen-bond donors (Lipinski definition) is 0. The molecule has 0 aromatic carbocycles. The van der Waals surface area contributed by atoms with Gasteiger partial charge < -0.3 is 19.8 Å². The number of carbonyl (C=O) groups excluding carboxylic acids is 2.